The van der Waals surface area contributed by atoms with Crippen LogP contribution in [0.2, 0.25) is 0 Å². The van der Waals surface area contributed by atoms with Crippen LogP contribution in [0.15, 0.2) is 28.8 Å². The highest BCUT2D eigenvalue weighted by Gasteiger charge is 2.35. The maximum Gasteiger partial charge on any atom is 0.260 e. The minimum absolute atomic E-state index is 0.320. The van der Waals surface area contributed by atoms with Crippen molar-refractivity contribution in [2.24, 2.45) is 0 Å². The van der Waals surface area contributed by atoms with Crippen molar-refractivity contribution in [3.05, 3.63) is 52.9 Å². The predicted molar refractivity (Wildman–Crippen MR) is 75.3 cm³/mol. The van der Waals surface area contributed by atoms with E-state index in [4.69, 9.17) is 4.52 Å². The number of benzene rings is 1. The van der Waals surface area contributed by atoms with Gasteiger partial charge in [0.15, 0.2) is 5.76 Å². The number of amides is 1. The Hall–Kier alpha value is -2.24. The van der Waals surface area contributed by atoms with Crippen molar-refractivity contribution in [1.82, 2.24) is 10.1 Å². The van der Waals surface area contributed by atoms with Gasteiger partial charge in [0.1, 0.15) is 17.2 Å². The van der Waals surface area contributed by atoms with Crippen LogP contribution in [0.3, 0.4) is 0 Å². The second kappa shape index (κ2) is 5.87. The minimum atomic E-state index is -0.845. The summed E-state index contributed by atoms with van der Waals surface area (Å²) in [6, 6.07) is 4.90. The average Bonchev–Trinajstić information content (AvgIpc) is 3.15. The number of likely N-dealkylation sites (tertiary alicyclic amines) is 1. The molecule has 0 aliphatic carbocycles. The van der Waals surface area contributed by atoms with E-state index in [1.54, 1.807) is 6.07 Å². The zero-order chi connectivity index (χ0) is 15.7. The van der Waals surface area contributed by atoms with E-state index in [0.717, 1.165) is 30.7 Å². The standard InChI is InChI=1S/C16H16F2N2O2/c1-2-10-9-14(22-19-10)13-7-4-8-20(13)16(21)15-11(17)5-3-6-12(15)18/h3,5-6,9,13H,2,4,7-8H2,1H3/t13-/m1/s1. The molecule has 3 rings (SSSR count). The van der Waals surface area contributed by atoms with Gasteiger partial charge in [0.25, 0.3) is 5.91 Å². The molecule has 22 heavy (non-hydrogen) atoms. The molecule has 6 heteroatoms. The van der Waals surface area contributed by atoms with Crippen LogP contribution in [0.5, 0.6) is 0 Å². The first-order chi connectivity index (χ1) is 10.6. The number of nitrogens with zero attached hydrogens (tertiary/aromatic N) is 2. The average molecular weight is 306 g/mol. The summed E-state index contributed by atoms with van der Waals surface area (Å²) in [6.45, 7) is 2.40. The maximum absolute atomic E-state index is 13.8. The van der Waals surface area contributed by atoms with Gasteiger partial charge in [-0.15, -0.1) is 0 Å². The Kier molecular flexibility index (Phi) is 3.92. The second-order valence-corrected chi connectivity index (χ2v) is 5.33. The molecule has 0 N–H and O–H groups in total. The Morgan fingerprint density at radius 1 is 1.41 bits per heavy atom. The molecule has 0 spiro atoms. The molecular weight excluding hydrogens is 290 g/mol. The monoisotopic (exact) mass is 306 g/mol. The van der Waals surface area contributed by atoms with Gasteiger partial charge in [-0.2, -0.15) is 0 Å². The number of hydrogen-bond donors (Lipinski definition) is 0. The summed E-state index contributed by atoms with van der Waals surface area (Å²) in [5.74, 6) is -1.77. The largest absolute Gasteiger partial charge is 0.359 e. The van der Waals surface area contributed by atoms with Crippen LogP contribution in [0.25, 0.3) is 0 Å². The van der Waals surface area contributed by atoms with Gasteiger partial charge in [0.2, 0.25) is 0 Å². The molecule has 2 aromatic rings. The predicted octanol–water partition coefficient (Wildman–Crippen LogP) is 3.49. The number of carbonyl (C=O) groups is 1. The van der Waals surface area contributed by atoms with Crippen LogP contribution in [0.1, 0.15) is 47.6 Å². The van der Waals surface area contributed by atoms with Crippen molar-refractivity contribution in [3.63, 3.8) is 0 Å². The van der Waals surface area contributed by atoms with Gasteiger partial charge in [-0.25, -0.2) is 8.78 Å². The number of hydrogen-bond acceptors (Lipinski definition) is 3. The van der Waals surface area contributed by atoms with Crippen LogP contribution in [-0.4, -0.2) is 22.5 Å². The third kappa shape index (κ3) is 2.49. The number of halogens is 2. The summed E-state index contributed by atoms with van der Waals surface area (Å²) in [7, 11) is 0. The quantitative estimate of drug-likeness (QED) is 0.872. The van der Waals surface area contributed by atoms with Crippen molar-refractivity contribution < 1.29 is 18.1 Å². The second-order valence-electron chi connectivity index (χ2n) is 5.33. The number of carbonyl (C=O) groups excluding carboxylic acids is 1. The molecule has 0 radical (unpaired) electrons. The Morgan fingerprint density at radius 2 is 2.14 bits per heavy atom. The van der Waals surface area contributed by atoms with E-state index in [9.17, 15) is 13.6 Å². The van der Waals surface area contributed by atoms with Crippen molar-refractivity contribution in [3.8, 4) is 0 Å². The Labute approximate surface area is 126 Å². The summed E-state index contributed by atoms with van der Waals surface area (Å²) in [5, 5.41) is 3.92. The summed E-state index contributed by atoms with van der Waals surface area (Å²) >= 11 is 0. The highest BCUT2D eigenvalue weighted by molar-refractivity contribution is 5.95. The Bertz CT molecular complexity index is 679. The molecular formula is C16H16F2N2O2. The number of aryl methyl sites for hydroxylation is 1. The van der Waals surface area contributed by atoms with Crippen LogP contribution >= 0.6 is 0 Å². The molecule has 1 aliphatic heterocycles. The molecule has 0 saturated carbocycles. The van der Waals surface area contributed by atoms with Gasteiger partial charge in [0.05, 0.1) is 11.7 Å². The summed E-state index contributed by atoms with van der Waals surface area (Å²) in [6.07, 6.45) is 2.18. The minimum Gasteiger partial charge on any atom is -0.359 e. The highest BCUT2D eigenvalue weighted by atomic mass is 19.1. The van der Waals surface area contributed by atoms with E-state index < -0.39 is 23.1 Å². The summed E-state index contributed by atoms with van der Waals surface area (Å²) in [5.41, 5.74) is 0.288. The zero-order valence-electron chi connectivity index (χ0n) is 12.2. The lowest BCUT2D eigenvalue weighted by Crippen LogP contribution is -2.31. The van der Waals surface area contributed by atoms with Crippen molar-refractivity contribution in [1.29, 1.82) is 0 Å². The van der Waals surface area contributed by atoms with Crippen LogP contribution in [0, 0.1) is 11.6 Å². The molecule has 1 saturated heterocycles. The van der Waals surface area contributed by atoms with E-state index >= 15 is 0 Å². The van der Waals surface area contributed by atoms with Crippen molar-refractivity contribution in [2.45, 2.75) is 32.2 Å². The van der Waals surface area contributed by atoms with Gasteiger partial charge in [0, 0.05) is 12.6 Å². The summed E-state index contributed by atoms with van der Waals surface area (Å²) < 4.78 is 32.9. The SMILES string of the molecule is CCc1cc([C@H]2CCCN2C(=O)c2c(F)cccc2F)on1. The number of rotatable bonds is 3. The first-order valence-corrected chi connectivity index (χ1v) is 7.32. The molecule has 1 aromatic heterocycles. The summed E-state index contributed by atoms with van der Waals surface area (Å²) in [4.78, 5) is 14.0. The van der Waals surface area contributed by atoms with E-state index in [1.165, 1.54) is 11.0 Å². The fraction of sp³-hybridized carbons (Fsp3) is 0.375. The highest BCUT2D eigenvalue weighted by Crippen LogP contribution is 2.34. The topological polar surface area (TPSA) is 46.3 Å². The van der Waals surface area contributed by atoms with E-state index in [2.05, 4.69) is 5.16 Å². The maximum atomic E-state index is 13.8. The van der Waals surface area contributed by atoms with E-state index in [0.29, 0.717) is 18.7 Å². The molecule has 0 unspecified atom stereocenters. The first-order valence-electron chi connectivity index (χ1n) is 7.32. The lowest BCUT2D eigenvalue weighted by Gasteiger charge is -2.23. The lowest BCUT2D eigenvalue weighted by atomic mass is 10.1. The molecule has 1 aromatic carbocycles. The fourth-order valence-electron chi connectivity index (χ4n) is 2.80. The van der Waals surface area contributed by atoms with Gasteiger partial charge >= 0.3 is 0 Å². The Balaban J connectivity index is 1.91. The van der Waals surface area contributed by atoms with Gasteiger partial charge in [-0.3, -0.25) is 4.79 Å². The molecule has 1 fully saturated rings. The van der Waals surface area contributed by atoms with Crippen LogP contribution in [-0.2, 0) is 6.42 Å². The zero-order valence-corrected chi connectivity index (χ0v) is 12.2. The fourth-order valence-corrected chi connectivity index (χ4v) is 2.80. The van der Waals surface area contributed by atoms with Crippen molar-refractivity contribution >= 4 is 5.91 Å². The van der Waals surface area contributed by atoms with E-state index in [-0.39, 0.29) is 6.04 Å². The molecule has 0 bridgehead atoms. The smallest absolute Gasteiger partial charge is 0.260 e. The van der Waals surface area contributed by atoms with Gasteiger partial charge < -0.3 is 9.42 Å². The van der Waals surface area contributed by atoms with Crippen molar-refractivity contribution in [2.75, 3.05) is 6.54 Å². The number of aromatic nitrogens is 1. The molecule has 1 atom stereocenters. The molecule has 1 aliphatic rings. The molecule has 2 heterocycles. The first kappa shape index (κ1) is 14.7. The molecule has 4 nitrogen and oxygen atoms in total. The van der Waals surface area contributed by atoms with Gasteiger partial charge in [-0.1, -0.05) is 18.1 Å². The molecule has 1 amide bonds. The normalized spacial score (nSPS) is 18.0. The van der Waals surface area contributed by atoms with Gasteiger partial charge in [-0.05, 0) is 31.4 Å². The van der Waals surface area contributed by atoms with Crippen LogP contribution in [0.4, 0.5) is 8.78 Å². The van der Waals surface area contributed by atoms with Crippen LogP contribution < -0.4 is 0 Å². The molecule has 116 valence electrons. The third-order valence-electron chi connectivity index (χ3n) is 3.96. The third-order valence-corrected chi connectivity index (χ3v) is 3.96. The lowest BCUT2D eigenvalue weighted by molar-refractivity contribution is 0.0704. The Morgan fingerprint density at radius 3 is 2.77 bits per heavy atom. The van der Waals surface area contributed by atoms with E-state index in [1.807, 2.05) is 6.92 Å².